The summed E-state index contributed by atoms with van der Waals surface area (Å²) in [6.45, 7) is 9.48. The van der Waals surface area contributed by atoms with Crippen LogP contribution in [0.1, 0.15) is 38.8 Å². The summed E-state index contributed by atoms with van der Waals surface area (Å²) in [5.41, 5.74) is 2.62. The van der Waals surface area contributed by atoms with Gasteiger partial charge in [0, 0.05) is 5.56 Å². The Bertz CT molecular complexity index is 398. The quantitative estimate of drug-likeness (QED) is 0.586. The Morgan fingerprint density at radius 1 is 1.31 bits per heavy atom. The van der Waals surface area contributed by atoms with Crippen LogP contribution in [-0.2, 0) is 11.4 Å². The first-order chi connectivity index (χ1) is 7.32. The lowest BCUT2D eigenvalue weighted by Gasteiger charge is -2.18. The molecule has 0 spiro atoms. The minimum absolute atomic E-state index is 0.338. The van der Waals surface area contributed by atoms with Gasteiger partial charge in [-0.1, -0.05) is 4.40 Å². The monoisotopic (exact) mass is 239 g/mol. The highest BCUT2D eigenvalue weighted by Gasteiger charge is 2.26. The molecule has 0 aliphatic heterocycles. The average Bonchev–Trinajstić information content (AvgIpc) is 2.16. The van der Waals surface area contributed by atoms with Gasteiger partial charge in [0.25, 0.3) is 0 Å². The van der Waals surface area contributed by atoms with E-state index in [1.807, 2.05) is 34.6 Å². The van der Waals surface area contributed by atoms with Crippen LogP contribution in [0.15, 0.2) is 16.8 Å². The third kappa shape index (κ3) is 3.28. The molecular weight excluding hydrogens is 222 g/mol. The molecule has 0 saturated heterocycles. The van der Waals surface area contributed by atoms with Crippen molar-refractivity contribution in [1.29, 1.82) is 0 Å². The minimum Gasteiger partial charge on any atom is -0.591 e. The van der Waals surface area contributed by atoms with E-state index in [2.05, 4.69) is 14.6 Å². The van der Waals surface area contributed by atoms with Crippen LogP contribution in [0, 0.1) is 6.92 Å². The molecule has 0 aliphatic rings. The van der Waals surface area contributed by atoms with Crippen molar-refractivity contribution >= 4 is 17.1 Å². The number of nitrogens with zero attached hydrogens (tertiary/aromatic N) is 3. The zero-order valence-electron chi connectivity index (χ0n) is 10.3. The number of aromatic nitrogens is 2. The lowest BCUT2D eigenvalue weighted by atomic mass is 10.1. The average molecular weight is 239 g/mol. The highest BCUT2D eigenvalue weighted by atomic mass is 32.2. The van der Waals surface area contributed by atoms with E-state index in [0.717, 1.165) is 16.8 Å². The number of rotatable bonds is 2. The van der Waals surface area contributed by atoms with E-state index in [4.69, 9.17) is 0 Å². The van der Waals surface area contributed by atoms with Crippen molar-refractivity contribution < 1.29 is 4.55 Å². The molecule has 1 atom stereocenters. The zero-order chi connectivity index (χ0) is 12.3. The molecule has 0 amide bonds. The van der Waals surface area contributed by atoms with Crippen LogP contribution in [0.25, 0.3) is 0 Å². The smallest absolute Gasteiger partial charge is 0.144 e. The highest BCUT2D eigenvalue weighted by molar-refractivity contribution is 7.91. The minimum atomic E-state index is -1.24. The predicted octanol–water partition coefficient (Wildman–Crippen LogP) is 2.06. The maximum atomic E-state index is 11.8. The van der Waals surface area contributed by atoms with E-state index in [9.17, 15) is 4.55 Å². The van der Waals surface area contributed by atoms with E-state index >= 15 is 0 Å². The normalized spacial score (nSPS) is 15.0. The van der Waals surface area contributed by atoms with Gasteiger partial charge in [-0.3, -0.25) is 0 Å². The first-order valence-corrected chi connectivity index (χ1v) is 6.18. The van der Waals surface area contributed by atoms with Crippen LogP contribution in [0.4, 0.5) is 0 Å². The van der Waals surface area contributed by atoms with Crippen LogP contribution in [0.5, 0.6) is 0 Å². The van der Waals surface area contributed by atoms with Crippen LogP contribution in [-0.4, -0.2) is 25.2 Å². The molecule has 1 aromatic rings. The van der Waals surface area contributed by atoms with E-state index in [1.54, 1.807) is 12.4 Å². The molecule has 0 N–H and O–H groups in total. The van der Waals surface area contributed by atoms with Gasteiger partial charge in [-0.05, 0) is 40.2 Å². The van der Waals surface area contributed by atoms with Gasteiger partial charge >= 0.3 is 0 Å². The topological polar surface area (TPSA) is 61.2 Å². The molecule has 4 nitrogen and oxygen atoms in total. The maximum absolute atomic E-state index is 11.8. The molecule has 0 bridgehead atoms. The molecule has 0 radical (unpaired) electrons. The summed E-state index contributed by atoms with van der Waals surface area (Å²) in [7, 11) is 0. The number of hydrogen-bond acceptors (Lipinski definition) is 4. The number of aryl methyl sites for hydroxylation is 1. The van der Waals surface area contributed by atoms with Crippen LogP contribution >= 0.6 is 0 Å². The summed E-state index contributed by atoms with van der Waals surface area (Å²) < 4.78 is 15.7. The third-order valence-corrected chi connectivity index (χ3v) is 3.55. The molecule has 0 aliphatic carbocycles. The molecule has 88 valence electrons. The van der Waals surface area contributed by atoms with E-state index in [-0.39, 0.29) is 4.75 Å². The first kappa shape index (κ1) is 13.1. The third-order valence-electron chi connectivity index (χ3n) is 2.06. The Morgan fingerprint density at radius 3 is 2.38 bits per heavy atom. The molecule has 1 aromatic heterocycles. The Balaban J connectivity index is 2.99. The Kier molecular flexibility index (Phi) is 4.04. The van der Waals surface area contributed by atoms with Gasteiger partial charge in [-0.2, -0.15) is 10.2 Å². The van der Waals surface area contributed by atoms with Gasteiger partial charge in [0.05, 0.1) is 18.1 Å². The second-order valence-electron chi connectivity index (χ2n) is 4.62. The fraction of sp³-hybridized carbons (Fsp3) is 0.545. The van der Waals surface area contributed by atoms with Gasteiger partial charge in [-0.15, -0.1) is 0 Å². The van der Waals surface area contributed by atoms with Crippen molar-refractivity contribution in [2.24, 2.45) is 4.40 Å². The summed E-state index contributed by atoms with van der Waals surface area (Å²) in [6.07, 6.45) is 3.32. The van der Waals surface area contributed by atoms with Crippen molar-refractivity contribution in [3.8, 4) is 0 Å². The largest absolute Gasteiger partial charge is 0.591 e. The molecule has 16 heavy (non-hydrogen) atoms. The summed E-state index contributed by atoms with van der Waals surface area (Å²) in [5, 5.41) is 7.58. The molecular formula is C11H17N3OS. The Hall–Kier alpha value is -0.940. The highest BCUT2D eigenvalue weighted by Crippen LogP contribution is 2.18. The fourth-order valence-corrected chi connectivity index (χ4v) is 1.69. The number of hydrogen-bond donors (Lipinski definition) is 0. The van der Waals surface area contributed by atoms with Gasteiger partial charge in [0.15, 0.2) is 0 Å². The lowest BCUT2D eigenvalue weighted by molar-refractivity contribution is 0.561. The van der Waals surface area contributed by atoms with Crippen molar-refractivity contribution in [2.75, 3.05) is 0 Å². The van der Waals surface area contributed by atoms with Crippen LogP contribution < -0.4 is 0 Å². The van der Waals surface area contributed by atoms with Crippen molar-refractivity contribution in [2.45, 2.75) is 39.4 Å². The van der Waals surface area contributed by atoms with Crippen LogP contribution in [0.2, 0.25) is 0 Å². The molecule has 1 unspecified atom stereocenters. The molecule has 0 fully saturated rings. The lowest BCUT2D eigenvalue weighted by Crippen LogP contribution is -2.26. The van der Waals surface area contributed by atoms with Gasteiger partial charge in [0.1, 0.15) is 16.1 Å². The summed E-state index contributed by atoms with van der Waals surface area (Å²) in [4.78, 5) is 0. The second kappa shape index (κ2) is 4.93. The SMILES string of the molecule is C/C(=N\[S+]([O-])C(C)(C)C)c1cnncc1C. The second-order valence-corrected chi connectivity index (χ2v) is 6.53. The molecule has 0 saturated carbocycles. The fourth-order valence-electron chi connectivity index (χ4n) is 1.07. The zero-order valence-corrected chi connectivity index (χ0v) is 11.1. The van der Waals surface area contributed by atoms with E-state index in [0.29, 0.717) is 0 Å². The first-order valence-electron chi connectivity index (χ1n) is 5.07. The van der Waals surface area contributed by atoms with Crippen molar-refractivity contribution in [3.05, 3.63) is 23.5 Å². The van der Waals surface area contributed by atoms with Crippen molar-refractivity contribution in [3.63, 3.8) is 0 Å². The molecule has 0 aromatic carbocycles. The molecule has 5 heteroatoms. The molecule has 1 rings (SSSR count). The van der Waals surface area contributed by atoms with E-state index in [1.165, 1.54) is 0 Å². The Morgan fingerprint density at radius 2 is 1.88 bits per heavy atom. The summed E-state index contributed by atoms with van der Waals surface area (Å²) >= 11 is -1.24. The van der Waals surface area contributed by atoms with Crippen molar-refractivity contribution in [1.82, 2.24) is 10.2 Å². The predicted molar refractivity (Wildman–Crippen MR) is 66.9 cm³/mol. The Labute approximate surface area is 99.5 Å². The van der Waals surface area contributed by atoms with Gasteiger partial charge in [-0.25, -0.2) is 0 Å². The standard InChI is InChI=1S/C11H17N3OS/c1-8-6-12-13-7-10(8)9(2)14-16(15)11(3,4)5/h6-7H,1-5H3/b14-9+. The van der Waals surface area contributed by atoms with Gasteiger partial charge in [0.2, 0.25) is 0 Å². The van der Waals surface area contributed by atoms with Crippen LogP contribution in [0.3, 0.4) is 0 Å². The van der Waals surface area contributed by atoms with Gasteiger partial charge < -0.3 is 4.55 Å². The maximum Gasteiger partial charge on any atom is 0.144 e. The molecule has 1 heterocycles. The summed E-state index contributed by atoms with van der Waals surface area (Å²) in [6, 6.07) is 0. The summed E-state index contributed by atoms with van der Waals surface area (Å²) in [5.74, 6) is 0. The van der Waals surface area contributed by atoms with E-state index < -0.39 is 11.4 Å².